The van der Waals surface area contributed by atoms with E-state index in [1.807, 2.05) is 0 Å². The van der Waals surface area contributed by atoms with Gasteiger partial charge in [-0.3, -0.25) is 9.69 Å². The Labute approximate surface area is 123 Å². The summed E-state index contributed by atoms with van der Waals surface area (Å²) in [5.74, 6) is 0.662. The second-order valence-corrected chi connectivity index (χ2v) is 7.22. The highest BCUT2D eigenvalue weighted by molar-refractivity contribution is 5.82. The van der Waals surface area contributed by atoms with Gasteiger partial charge in [0.15, 0.2) is 0 Å². The normalized spacial score (nSPS) is 25.6. The second kappa shape index (κ2) is 6.44. The maximum atomic E-state index is 12.5. The van der Waals surface area contributed by atoms with Gasteiger partial charge < -0.3 is 10.6 Å². The molecule has 2 N–H and O–H groups in total. The lowest BCUT2D eigenvalue weighted by Gasteiger charge is -2.36. The molecule has 1 heterocycles. The van der Waals surface area contributed by atoms with E-state index in [0.29, 0.717) is 12.0 Å². The van der Waals surface area contributed by atoms with Crippen molar-refractivity contribution in [2.24, 2.45) is 11.3 Å². The molecular formula is C16H31N3O. The number of hydrogen-bond acceptors (Lipinski definition) is 3. The van der Waals surface area contributed by atoms with Crippen molar-refractivity contribution < 1.29 is 4.79 Å². The van der Waals surface area contributed by atoms with Gasteiger partial charge in [-0.15, -0.1) is 0 Å². The highest BCUT2D eigenvalue weighted by Gasteiger charge is 2.37. The van der Waals surface area contributed by atoms with Crippen LogP contribution in [0.5, 0.6) is 0 Å². The third-order valence-corrected chi connectivity index (χ3v) is 5.28. The van der Waals surface area contributed by atoms with E-state index < -0.39 is 0 Å². The monoisotopic (exact) mass is 281 g/mol. The van der Waals surface area contributed by atoms with Crippen LogP contribution in [-0.4, -0.2) is 49.6 Å². The molecule has 0 radical (unpaired) electrons. The number of carbonyl (C=O) groups excluding carboxylic acids is 1. The van der Waals surface area contributed by atoms with E-state index in [0.717, 1.165) is 32.1 Å². The molecule has 1 amide bonds. The van der Waals surface area contributed by atoms with Gasteiger partial charge in [-0.25, -0.2) is 0 Å². The van der Waals surface area contributed by atoms with Crippen LogP contribution in [0.4, 0.5) is 0 Å². The number of amides is 1. The van der Waals surface area contributed by atoms with Crippen molar-refractivity contribution in [3.63, 3.8) is 0 Å². The molecule has 1 aliphatic heterocycles. The maximum absolute atomic E-state index is 12.5. The standard InChI is InChI=1S/C16H31N3O/c1-12(19(4)14-7-8-14)10-18-15(20)16(2,3)13-6-5-9-17-11-13/h12-14,17H,5-11H2,1-4H3,(H,18,20). The summed E-state index contributed by atoms with van der Waals surface area (Å²) in [6, 6.07) is 1.17. The number of piperidine rings is 1. The zero-order valence-electron chi connectivity index (χ0n) is 13.5. The van der Waals surface area contributed by atoms with Crippen molar-refractivity contribution in [1.29, 1.82) is 0 Å². The molecule has 1 saturated carbocycles. The minimum atomic E-state index is -0.273. The first-order valence-corrected chi connectivity index (χ1v) is 8.14. The first-order chi connectivity index (χ1) is 9.43. The first kappa shape index (κ1) is 15.8. The summed E-state index contributed by atoms with van der Waals surface area (Å²) >= 11 is 0. The van der Waals surface area contributed by atoms with Gasteiger partial charge in [-0.05, 0) is 58.7 Å². The van der Waals surface area contributed by atoms with Crippen molar-refractivity contribution in [3.8, 4) is 0 Å². The first-order valence-electron chi connectivity index (χ1n) is 8.14. The maximum Gasteiger partial charge on any atom is 0.226 e. The molecule has 0 aromatic heterocycles. The molecule has 2 fully saturated rings. The van der Waals surface area contributed by atoms with Crippen molar-refractivity contribution in [3.05, 3.63) is 0 Å². The Balaban J connectivity index is 1.80. The molecule has 116 valence electrons. The average Bonchev–Trinajstić information content (AvgIpc) is 3.29. The molecule has 4 nitrogen and oxygen atoms in total. The molecule has 1 aliphatic carbocycles. The smallest absolute Gasteiger partial charge is 0.226 e. The lowest BCUT2D eigenvalue weighted by Crippen LogP contribution is -2.50. The predicted molar refractivity (Wildman–Crippen MR) is 82.6 cm³/mol. The van der Waals surface area contributed by atoms with Gasteiger partial charge in [-0.1, -0.05) is 13.8 Å². The van der Waals surface area contributed by atoms with E-state index in [9.17, 15) is 4.79 Å². The molecule has 0 bridgehead atoms. The van der Waals surface area contributed by atoms with Crippen LogP contribution in [0.1, 0.15) is 46.5 Å². The van der Waals surface area contributed by atoms with Crippen molar-refractivity contribution >= 4 is 5.91 Å². The van der Waals surface area contributed by atoms with E-state index >= 15 is 0 Å². The Morgan fingerprint density at radius 3 is 2.65 bits per heavy atom. The third-order valence-electron chi connectivity index (χ3n) is 5.28. The summed E-state index contributed by atoms with van der Waals surface area (Å²) in [7, 11) is 2.17. The van der Waals surface area contributed by atoms with Crippen molar-refractivity contribution in [2.75, 3.05) is 26.7 Å². The fourth-order valence-electron chi connectivity index (χ4n) is 3.11. The summed E-state index contributed by atoms with van der Waals surface area (Å²) in [5.41, 5.74) is -0.273. The molecular weight excluding hydrogens is 250 g/mol. The zero-order valence-corrected chi connectivity index (χ0v) is 13.5. The van der Waals surface area contributed by atoms with Crippen molar-refractivity contribution in [1.82, 2.24) is 15.5 Å². The number of likely N-dealkylation sites (N-methyl/N-ethyl adjacent to an activating group) is 1. The second-order valence-electron chi connectivity index (χ2n) is 7.22. The third kappa shape index (κ3) is 3.73. The van der Waals surface area contributed by atoms with E-state index in [2.05, 4.69) is 43.4 Å². The fourth-order valence-corrected chi connectivity index (χ4v) is 3.11. The molecule has 0 aromatic rings. The summed E-state index contributed by atoms with van der Waals surface area (Å²) in [5, 5.41) is 6.59. The fraction of sp³-hybridized carbons (Fsp3) is 0.938. The summed E-state index contributed by atoms with van der Waals surface area (Å²) < 4.78 is 0. The summed E-state index contributed by atoms with van der Waals surface area (Å²) in [6.45, 7) is 9.21. The van der Waals surface area contributed by atoms with E-state index in [4.69, 9.17) is 0 Å². The van der Waals surface area contributed by atoms with Crippen LogP contribution in [0.3, 0.4) is 0 Å². The topological polar surface area (TPSA) is 44.4 Å². The molecule has 0 aromatic carbocycles. The van der Waals surface area contributed by atoms with Gasteiger partial charge in [0.1, 0.15) is 0 Å². The highest BCUT2D eigenvalue weighted by atomic mass is 16.2. The van der Waals surface area contributed by atoms with Gasteiger partial charge in [0, 0.05) is 24.0 Å². The Hall–Kier alpha value is -0.610. The molecule has 2 rings (SSSR count). The predicted octanol–water partition coefficient (Wildman–Crippen LogP) is 1.61. The Kier molecular flexibility index (Phi) is 5.08. The summed E-state index contributed by atoms with van der Waals surface area (Å²) in [4.78, 5) is 14.9. The average molecular weight is 281 g/mol. The SMILES string of the molecule is CC(CNC(=O)C(C)(C)C1CCCNC1)N(C)C1CC1. The number of rotatable bonds is 6. The van der Waals surface area contributed by atoms with Gasteiger partial charge in [0.2, 0.25) is 5.91 Å². The zero-order chi connectivity index (χ0) is 14.8. The lowest BCUT2D eigenvalue weighted by atomic mass is 9.74. The number of nitrogens with one attached hydrogen (secondary N) is 2. The molecule has 2 atom stereocenters. The van der Waals surface area contributed by atoms with Crippen molar-refractivity contribution in [2.45, 2.75) is 58.5 Å². The van der Waals surface area contributed by atoms with Gasteiger partial charge in [0.25, 0.3) is 0 Å². The minimum Gasteiger partial charge on any atom is -0.354 e. The van der Waals surface area contributed by atoms with Crippen LogP contribution in [0.15, 0.2) is 0 Å². The van der Waals surface area contributed by atoms with Gasteiger partial charge >= 0.3 is 0 Å². The van der Waals surface area contributed by atoms with Crippen LogP contribution < -0.4 is 10.6 Å². The minimum absolute atomic E-state index is 0.210. The van der Waals surface area contributed by atoms with Crippen LogP contribution >= 0.6 is 0 Å². The summed E-state index contributed by atoms with van der Waals surface area (Å²) in [6.07, 6.45) is 4.97. The van der Waals surface area contributed by atoms with Gasteiger partial charge in [0.05, 0.1) is 0 Å². The van der Waals surface area contributed by atoms with Crippen LogP contribution in [0.25, 0.3) is 0 Å². The quantitative estimate of drug-likeness (QED) is 0.777. The van der Waals surface area contributed by atoms with E-state index in [-0.39, 0.29) is 11.3 Å². The van der Waals surface area contributed by atoms with Crippen LogP contribution in [-0.2, 0) is 4.79 Å². The number of hydrogen-bond donors (Lipinski definition) is 2. The van der Waals surface area contributed by atoms with E-state index in [1.165, 1.54) is 19.3 Å². The molecule has 0 spiro atoms. The molecule has 20 heavy (non-hydrogen) atoms. The lowest BCUT2D eigenvalue weighted by molar-refractivity contribution is -0.132. The largest absolute Gasteiger partial charge is 0.354 e. The Morgan fingerprint density at radius 2 is 2.10 bits per heavy atom. The van der Waals surface area contributed by atoms with Gasteiger partial charge in [-0.2, -0.15) is 0 Å². The van der Waals surface area contributed by atoms with E-state index in [1.54, 1.807) is 0 Å². The Bertz CT molecular complexity index is 333. The Morgan fingerprint density at radius 1 is 1.40 bits per heavy atom. The van der Waals surface area contributed by atoms with Crippen LogP contribution in [0.2, 0.25) is 0 Å². The van der Waals surface area contributed by atoms with Crippen LogP contribution in [0, 0.1) is 11.3 Å². The molecule has 1 saturated heterocycles. The molecule has 2 unspecified atom stereocenters. The molecule has 2 aliphatic rings. The highest BCUT2D eigenvalue weighted by Crippen LogP contribution is 2.32. The number of nitrogens with zero attached hydrogens (tertiary/aromatic N) is 1. The number of carbonyl (C=O) groups is 1. The molecule has 4 heteroatoms.